The molecule has 0 spiro atoms. The smallest absolute Gasteiger partial charge is 0.261 e. The number of thiophene rings is 1. The highest BCUT2D eigenvalue weighted by Gasteiger charge is 2.38. The summed E-state index contributed by atoms with van der Waals surface area (Å²) >= 11 is 7.57. The molecule has 32 heavy (non-hydrogen) atoms. The highest BCUT2D eigenvalue weighted by atomic mass is 35.5. The minimum atomic E-state index is 0.0372. The van der Waals surface area contributed by atoms with Crippen LogP contribution in [0.25, 0.3) is 15.9 Å². The van der Waals surface area contributed by atoms with Gasteiger partial charge in [0.15, 0.2) is 0 Å². The fourth-order valence-electron chi connectivity index (χ4n) is 5.43. The SMILES string of the molecule is Cc1nn(-c2ccc(Cl)cc2)c2sc(C(=O)NCC3(N4CCCCC4)CCCCC3)cc12. The first-order chi connectivity index (χ1) is 15.6. The van der Waals surface area contributed by atoms with Gasteiger partial charge in [0.1, 0.15) is 4.83 Å². The summed E-state index contributed by atoms with van der Waals surface area (Å²) in [5.41, 5.74) is 2.02. The number of aromatic nitrogens is 2. The van der Waals surface area contributed by atoms with Crippen molar-refractivity contribution in [3.8, 4) is 5.69 Å². The maximum absolute atomic E-state index is 13.2. The number of rotatable bonds is 5. The molecule has 1 aliphatic carbocycles. The van der Waals surface area contributed by atoms with Gasteiger partial charge < -0.3 is 5.32 Å². The zero-order chi connectivity index (χ0) is 22.1. The Morgan fingerprint density at radius 3 is 2.50 bits per heavy atom. The van der Waals surface area contributed by atoms with Crippen molar-refractivity contribution in [2.75, 3.05) is 19.6 Å². The van der Waals surface area contributed by atoms with E-state index in [1.807, 2.05) is 41.9 Å². The van der Waals surface area contributed by atoms with Crippen LogP contribution in [0, 0.1) is 6.92 Å². The molecule has 1 amide bonds. The second-order valence-electron chi connectivity index (χ2n) is 9.32. The fraction of sp³-hybridized carbons (Fsp3) is 0.520. The Labute approximate surface area is 198 Å². The second-order valence-corrected chi connectivity index (χ2v) is 10.8. The van der Waals surface area contributed by atoms with E-state index < -0.39 is 0 Å². The van der Waals surface area contributed by atoms with Crippen LogP contribution in [0.5, 0.6) is 0 Å². The van der Waals surface area contributed by atoms with Crippen molar-refractivity contribution in [1.82, 2.24) is 20.0 Å². The number of carbonyl (C=O) groups is 1. The lowest BCUT2D eigenvalue weighted by Gasteiger charge is -2.48. The first-order valence-corrected chi connectivity index (χ1v) is 13.0. The molecule has 1 saturated heterocycles. The normalized spacial score (nSPS) is 19.3. The van der Waals surface area contributed by atoms with E-state index in [9.17, 15) is 4.79 Å². The highest BCUT2D eigenvalue weighted by Crippen LogP contribution is 2.36. The van der Waals surface area contributed by atoms with Crippen LogP contribution in [0.2, 0.25) is 5.02 Å². The summed E-state index contributed by atoms with van der Waals surface area (Å²) in [5.74, 6) is 0.0372. The number of carbonyl (C=O) groups excluding carboxylic acids is 1. The molecule has 170 valence electrons. The number of likely N-dealkylation sites (tertiary alicyclic amines) is 1. The van der Waals surface area contributed by atoms with Gasteiger partial charge in [-0.05, 0) is 76.0 Å². The van der Waals surface area contributed by atoms with E-state index in [1.165, 1.54) is 75.8 Å². The van der Waals surface area contributed by atoms with Gasteiger partial charge in [0.2, 0.25) is 0 Å². The summed E-state index contributed by atoms with van der Waals surface area (Å²) < 4.78 is 1.92. The van der Waals surface area contributed by atoms with Gasteiger partial charge in [-0.2, -0.15) is 5.10 Å². The van der Waals surface area contributed by atoms with Crippen LogP contribution in [0.15, 0.2) is 30.3 Å². The van der Waals surface area contributed by atoms with Crippen molar-refractivity contribution in [3.63, 3.8) is 0 Å². The maximum Gasteiger partial charge on any atom is 0.261 e. The Kier molecular flexibility index (Phi) is 6.28. The predicted octanol–water partition coefficient (Wildman–Crippen LogP) is 5.97. The monoisotopic (exact) mass is 470 g/mol. The van der Waals surface area contributed by atoms with Gasteiger partial charge in [-0.15, -0.1) is 11.3 Å². The standard InChI is InChI=1S/C25H31ClN4OS/c1-18-21-16-22(32-24(21)30(28-18)20-10-8-19(26)9-11-20)23(31)27-17-25(12-4-2-5-13-25)29-14-6-3-7-15-29/h8-11,16H,2-7,12-15,17H2,1H3,(H,27,31). The molecular formula is C25H31ClN4OS. The molecule has 0 bridgehead atoms. The van der Waals surface area contributed by atoms with Gasteiger partial charge in [0, 0.05) is 22.5 Å². The van der Waals surface area contributed by atoms with Crippen LogP contribution in [0.3, 0.4) is 0 Å². The van der Waals surface area contributed by atoms with Crippen molar-refractivity contribution in [2.45, 2.75) is 63.8 Å². The largest absolute Gasteiger partial charge is 0.349 e. The summed E-state index contributed by atoms with van der Waals surface area (Å²) in [5, 5.41) is 9.75. The molecule has 2 aliphatic rings. The maximum atomic E-state index is 13.2. The number of aryl methyl sites for hydroxylation is 1. The van der Waals surface area contributed by atoms with Crippen molar-refractivity contribution >= 4 is 39.1 Å². The second kappa shape index (κ2) is 9.16. The van der Waals surface area contributed by atoms with Crippen molar-refractivity contribution in [1.29, 1.82) is 0 Å². The van der Waals surface area contributed by atoms with E-state index in [0.29, 0.717) is 5.02 Å². The molecule has 7 heteroatoms. The Morgan fingerprint density at radius 2 is 1.78 bits per heavy atom. The Morgan fingerprint density at radius 1 is 1.09 bits per heavy atom. The zero-order valence-corrected chi connectivity index (χ0v) is 20.3. The fourth-order valence-corrected chi connectivity index (χ4v) is 6.66. The van der Waals surface area contributed by atoms with Crippen LogP contribution >= 0.6 is 22.9 Å². The molecular weight excluding hydrogens is 440 g/mol. The van der Waals surface area contributed by atoms with E-state index in [1.54, 1.807) is 0 Å². The zero-order valence-electron chi connectivity index (χ0n) is 18.7. The molecule has 3 heterocycles. The highest BCUT2D eigenvalue weighted by molar-refractivity contribution is 7.20. The average molecular weight is 471 g/mol. The molecule has 0 radical (unpaired) electrons. The lowest BCUT2D eigenvalue weighted by molar-refractivity contribution is 0.0327. The summed E-state index contributed by atoms with van der Waals surface area (Å²) in [7, 11) is 0. The van der Waals surface area contributed by atoms with Crippen LogP contribution < -0.4 is 5.32 Å². The third-order valence-electron chi connectivity index (χ3n) is 7.23. The molecule has 2 aromatic heterocycles. The molecule has 0 atom stereocenters. The quantitative estimate of drug-likeness (QED) is 0.500. The molecule has 3 aromatic rings. The summed E-state index contributed by atoms with van der Waals surface area (Å²) in [6.07, 6.45) is 10.2. The molecule has 5 nitrogen and oxygen atoms in total. The number of benzene rings is 1. The van der Waals surface area contributed by atoms with Gasteiger partial charge in [-0.3, -0.25) is 9.69 Å². The minimum absolute atomic E-state index is 0.0372. The summed E-state index contributed by atoms with van der Waals surface area (Å²) in [6, 6.07) is 9.65. The molecule has 1 N–H and O–H groups in total. The molecule has 1 aromatic carbocycles. The van der Waals surface area contributed by atoms with Crippen LogP contribution in [0.1, 0.15) is 66.7 Å². The molecule has 1 saturated carbocycles. The minimum Gasteiger partial charge on any atom is -0.349 e. The number of hydrogen-bond donors (Lipinski definition) is 1. The Bertz CT molecular complexity index is 1090. The van der Waals surface area contributed by atoms with Crippen molar-refractivity contribution in [3.05, 3.63) is 45.9 Å². The van der Waals surface area contributed by atoms with Gasteiger partial charge >= 0.3 is 0 Å². The third kappa shape index (κ3) is 4.20. The number of nitrogens with zero attached hydrogens (tertiary/aromatic N) is 3. The molecule has 2 fully saturated rings. The average Bonchev–Trinajstić information content (AvgIpc) is 3.40. The summed E-state index contributed by atoms with van der Waals surface area (Å²) in [6.45, 7) is 5.10. The van der Waals surface area contributed by atoms with Crippen molar-refractivity contribution < 1.29 is 4.79 Å². The lowest BCUT2D eigenvalue weighted by Crippen LogP contribution is -2.58. The van der Waals surface area contributed by atoms with Gasteiger partial charge in [0.05, 0.1) is 16.3 Å². The van der Waals surface area contributed by atoms with Crippen LogP contribution in [0.4, 0.5) is 0 Å². The summed E-state index contributed by atoms with van der Waals surface area (Å²) in [4.78, 5) is 17.7. The van der Waals surface area contributed by atoms with E-state index >= 15 is 0 Å². The van der Waals surface area contributed by atoms with Crippen LogP contribution in [-0.2, 0) is 0 Å². The number of piperidine rings is 1. The first-order valence-electron chi connectivity index (χ1n) is 11.8. The number of amides is 1. The number of hydrogen-bond acceptors (Lipinski definition) is 4. The topological polar surface area (TPSA) is 50.2 Å². The number of nitrogens with one attached hydrogen (secondary N) is 1. The Balaban J connectivity index is 1.36. The van der Waals surface area contributed by atoms with Crippen molar-refractivity contribution in [2.24, 2.45) is 0 Å². The van der Waals surface area contributed by atoms with E-state index in [4.69, 9.17) is 11.6 Å². The Hall–Kier alpha value is -1.89. The lowest BCUT2D eigenvalue weighted by atomic mass is 9.79. The predicted molar refractivity (Wildman–Crippen MR) is 132 cm³/mol. The van der Waals surface area contributed by atoms with E-state index in [-0.39, 0.29) is 11.4 Å². The van der Waals surface area contributed by atoms with E-state index in [0.717, 1.165) is 33.0 Å². The van der Waals surface area contributed by atoms with Gasteiger partial charge in [-0.25, -0.2) is 4.68 Å². The molecule has 1 aliphatic heterocycles. The third-order valence-corrected chi connectivity index (χ3v) is 8.59. The van der Waals surface area contributed by atoms with Crippen LogP contribution in [-0.4, -0.2) is 45.8 Å². The molecule has 5 rings (SSSR count). The number of fused-ring (bicyclic) bond motifs is 1. The van der Waals surface area contributed by atoms with Gasteiger partial charge in [0.25, 0.3) is 5.91 Å². The van der Waals surface area contributed by atoms with E-state index in [2.05, 4.69) is 15.3 Å². The molecule has 0 unspecified atom stereocenters. The first kappa shape index (κ1) is 21.9. The van der Waals surface area contributed by atoms with Gasteiger partial charge in [-0.1, -0.05) is 37.3 Å². The number of halogens is 1.